The third-order valence-electron chi connectivity index (χ3n) is 4.99. The van der Waals surface area contributed by atoms with E-state index in [1.165, 1.54) is 0 Å². The van der Waals surface area contributed by atoms with E-state index < -0.39 is 21.7 Å². The van der Waals surface area contributed by atoms with Gasteiger partial charge in [0.2, 0.25) is 15.9 Å². The summed E-state index contributed by atoms with van der Waals surface area (Å²) in [6, 6.07) is 16.5. The zero-order chi connectivity index (χ0) is 24.0. The standard InChI is InChI=1S/C24H30N4O4S/c1-17(2)32-22-12-10-21(11-13-22)27-33(30,31)16-24(29)25-14-23-18(3)26-28(19(23)4)15-20-8-6-5-7-9-20/h5-13,17,27H,14-16H2,1-4H3,(H,25,29). The van der Waals surface area contributed by atoms with Gasteiger partial charge in [0, 0.05) is 23.5 Å². The SMILES string of the molecule is Cc1nn(Cc2ccccc2)c(C)c1CNC(=O)CS(=O)(=O)Nc1ccc(OC(C)C)cc1. The maximum atomic E-state index is 12.4. The molecule has 0 radical (unpaired) electrons. The maximum Gasteiger partial charge on any atom is 0.241 e. The molecule has 176 valence electrons. The van der Waals surface area contributed by atoms with Gasteiger partial charge in [-0.05, 0) is 57.5 Å². The number of ether oxygens (including phenoxy) is 1. The van der Waals surface area contributed by atoms with Crippen molar-refractivity contribution >= 4 is 21.6 Å². The predicted octanol–water partition coefficient (Wildman–Crippen LogP) is 3.39. The van der Waals surface area contributed by atoms with E-state index in [0.29, 0.717) is 18.0 Å². The Balaban J connectivity index is 1.56. The summed E-state index contributed by atoms with van der Waals surface area (Å²) in [4.78, 5) is 12.3. The number of nitrogens with one attached hydrogen (secondary N) is 2. The van der Waals surface area contributed by atoms with Crippen molar-refractivity contribution in [2.24, 2.45) is 0 Å². The average Bonchev–Trinajstić information content (AvgIpc) is 3.00. The molecule has 0 saturated heterocycles. The largest absolute Gasteiger partial charge is 0.491 e. The van der Waals surface area contributed by atoms with Crippen LogP contribution in [0.2, 0.25) is 0 Å². The molecule has 0 saturated carbocycles. The minimum Gasteiger partial charge on any atom is -0.491 e. The smallest absolute Gasteiger partial charge is 0.241 e. The summed E-state index contributed by atoms with van der Waals surface area (Å²) in [5.74, 6) is -0.617. The van der Waals surface area contributed by atoms with Crippen LogP contribution in [0.3, 0.4) is 0 Å². The molecule has 2 N–H and O–H groups in total. The molecule has 0 aliphatic heterocycles. The number of aryl methyl sites for hydroxylation is 1. The number of aromatic nitrogens is 2. The number of hydrogen-bond donors (Lipinski definition) is 2. The van der Waals surface area contributed by atoms with Crippen molar-refractivity contribution in [3.8, 4) is 5.75 Å². The van der Waals surface area contributed by atoms with Gasteiger partial charge in [0.1, 0.15) is 11.5 Å². The fraction of sp³-hybridized carbons (Fsp3) is 0.333. The van der Waals surface area contributed by atoms with Crippen LogP contribution < -0.4 is 14.8 Å². The summed E-state index contributed by atoms with van der Waals surface area (Å²) in [5, 5.41) is 7.26. The van der Waals surface area contributed by atoms with E-state index in [2.05, 4.69) is 15.1 Å². The van der Waals surface area contributed by atoms with Crippen molar-refractivity contribution in [1.29, 1.82) is 0 Å². The Kier molecular flexibility index (Phi) is 7.75. The number of benzene rings is 2. The summed E-state index contributed by atoms with van der Waals surface area (Å²) < 4.78 is 34.7. The highest BCUT2D eigenvalue weighted by atomic mass is 32.2. The molecule has 3 aromatic rings. The fourth-order valence-electron chi connectivity index (χ4n) is 3.40. The summed E-state index contributed by atoms with van der Waals surface area (Å²) in [7, 11) is -3.85. The van der Waals surface area contributed by atoms with Gasteiger partial charge in [-0.1, -0.05) is 30.3 Å². The molecule has 1 amide bonds. The summed E-state index contributed by atoms with van der Waals surface area (Å²) in [6.45, 7) is 8.47. The molecule has 0 aliphatic rings. The van der Waals surface area contributed by atoms with Crippen molar-refractivity contribution in [1.82, 2.24) is 15.1 Å². The third kappa shape index (κ3) is 7.08. The Bertz CT molecular complexity index is 1190. The van der Waals surface area contributed by atoms with Crippen LogP contribution in [-0.4, -0.2) is 36.0 Å². The van der Waals surface area contributed by atoms with Gasteiger partial charge in [-0.25, -0.2) is 8.42 Å². The van der Waals surface area contributed by atoms with Crippen LogP contribution in [0.15, 0.2) is 54.6 Å². The van der Waals surface area contributed by atoms with Crippen LogP contribution in [0.4, 0.5) is 5.69 Å². The summed E-state index contributed by atoms with van der Waals surface area (Å²) in [5.41, 5.74) is 4.10. The van der Waals surface area contributed by atoms with E-state index in [4.69, 9.17) is 4.74 Å². The van der Waals surface area contributed by atoms with Crippen molar-refractivity contribution in [3.05, 3.63) is 77.1 Å². The highest BCUT2D eigenvalue weighted by Gasteiger charge is 2.18. The molecule has 1 aromatic heterocycles. The molecule has 0 unspecified atom stereocenters. The number of nitrogens with zero attached hydrogens (tertiary/aromatic N) is 2. The van der Waals surface area contributed by atoms with Crippen LogP contribution >= 0.6 is 0 Å². The van der Waals surface area contributed by atoms with Gasteiger partial charge in [0.05, 0.1) is 18.3 Å². The molecular formula is C24H30N4O4S. The number of amides is 1. The van der Waals surface area contributed by atoms with E-state index in [9.17, 15) is 13.2 Å². The molecule has 2 aromatic carbocycles. The lowest BCUT2D eigenvalue weighted by molar-refractivity contribution is -0.118. The van der Waals surface area contributed by atoms with Crippen molar-refractivity contribution in [2.45, 2.75) is 46.9 Å². The Labute approximate surface area is 195 Å². The van der Waals surface area contributed by atoms with Gasteiger partial charge in [-0.2, -0.15) is 5.10 Å². The van der Waals surface area contributed by atoms with E-state index in [-0.39, 0.29) is 12.6 Å². The van der Waals surface area contributed by atoms with Gasteiger partial charge in [0.25, 0.3) is 0 Å². The van der Waals surface area contributed by atoms with Gasteiger partial charge in [-0.3, -0.25) is 14.2 Å². The van der Waals surface area contributed by atoms with E-state index in [1.807, 2.05) is 62.7 Å². The van der Waals surface area contributed by atoms with E-state index >= 15 is 0 Å². The zero-order valence-corrected chi connectivity index (χ0v) is 20.1. The summed E-state index contributed by atoms with van der Waals surface area (Å²) >= 11 is 0. The molecular weight excluding hydrogens is 440 g/mol. The first-order chi connectivity index (χ1) is 15.6. The van der Waals surface area contributed by atoms with Crippen molar-refractivity contribution in [2.75, 3.05) is 10.5 Å². The quantitative estimate of drug-likeness (QED) is 0.473. The Morgan fingerprint density at radius 3 is 2.36 bits per heavy atom. The van der Waals surface area contributed by atoms with Crippen LogP contribution in [0.1, 0.15) is 36.4 Å². The molecule has 3 rings (SSSR count). The first-order valence-electron chi connectivity index (χ1n) is 10.7. The van der Waals surface area contributed by atoms with E-state index in [1.54, 1.807) is 24.3 Å². The lowest BCUT2D eigenvalue weighted by Gasteiger charge is -2.12. The first-order valence-corrected chi connectivity index (χ1v) is 12.4. The minimum absolute atomic E-state index is 0.0222. The predicted molar refractivity (Wildman–Crippen MR) is 129 cm³/mol. The Morgan fingerprint density at radius 1 is 1.06 bits per heavy atom. The topological polar surface area (TPSA) is 102 Å². The zero-order valence-electron chi connectivity index (χ0n) is 19.3. The Morgan fingerprint density at radius 2 is 1.73 bits per heavy atom. The van der Waals surface area contributed by atoms with Crippen LogP contribution in [0.5, 0.6) is 5.75 Å². The number of rotatable bonds is 10. The second kappa shape index (κ2) is 10.5. The van der Waals surface area contributed by atoms with Crippen LogP contribution in [0, 0.1) is 13.8 Å². The molecule has 0 atom stereocenters. The molecule has 33 heavy (non-hydrogen) atoms. The van der Waals surface area contributed by atoms with Gasteiger partial charge in [0.15, 0.2) is 0 Å². The Hall–Kier alpha value is -3.33. The van der Waals surface area contributed by atoms with Crippen molar-refractivity contribution < 1.29 is 17.9 Å². The third-order valence-corrected chi connectivity index (χ3v) is 6.18. The maximum absolute atomic E-state index is 12.4. The number of hydrogen-bond acceptors (Lipinski definition) is 5. The molecule has 0 aliphatic carbocycles. The minimum atomic E-state index is -3.85. The highest BCUT2D eigenvalue weighted by Crippen LogP contribution is 2.18. The van der Waals surface area contributed by atoms with Crippen molar-refractivity contribution in [3.63, 3.8) is 0 Å². The second-order valence-corrected chi connectivity index (χ2v) is 9.84. The summed E-state index contributed by atoms with van der Waals surface area (Å²) in [6.07, 6.45) is 0.0222. The molecule has 8 nitrogen and oxygen atoms in total. The van der Waals surface area contributed by atoms with Crippen LogP contribution in [-0.2, 0) is 27.9 Å². The van der Waals surface area contributed by atoms with Gasteiger partial charge in [-0.15, -0.1) is 0 Å². The number of anilines is 1. The normalized spacial score (nSPS) is 11.4. The highest BCUT2D eigenvalue weighted by molar-refractivity contribution is 7.93. The average molecular weight is 471 g/mol. The van der Waals surface area contributed by atoms with Gasteiger partial charge >= 0.3 is 0 Å². The lowest BCUT2D eigenvalue weighted by Crippen LogP contribution is -2.32. The monoisotopic (exact) mass is 470 g/mol. The molecule has 1 heterocycles. The number of carbonyl (C=O) groups excluding carboxylic acids is 1. The van der Waals surface area contributed by atoms with E-state index in [0.717, 1.165) is 22.5 Å². The molecule has 0 fully saturated rings. The van der Waals surface area contributed by atoms with Crippen LogP contribution in [0.25, 0.3) is 0 Å². The molecule has 0 spiro atoms. The van der Waals surface area contributed by atoms with Gasteiger partial charge < -0.3 is 10.1 Å². The lowest BCUT2D eigenvalue weighted by atomic mass is 10.2. The fourth-order valence-corrected chi connectivity index (χ4v) is 4.41. The number of sulfonamides is 1. The first kappa shape index (κ1) is 24.3. The molecule has 0 bridgehead atoms. The second-order valence-electron chi connectivity index (χ2n) is 8.12. The molecule has 9 heteroatoms. The number of carbonyl (C=O) groups is 1.